The Morgan fingerprint density at radius 1 is 1.41 bits per heavy atom. The normalized spacial score (nSPS) is 24.4. The van der Waals surface area contributed by atoms with E-state index in [0.29, 0.717) is 13.2 Å². The second kappa shape index (κ2) is 5.80. The first-order chi connectivity index (χ1) is 8.25. The number of rotatable bonds is 4. The molecule has 0 radical (unpaired) electrons. The van der Waals surface area contributed by atoms with Crippen molar-refractivity contribution in [2.45, 2.75) is 25.7 Å². The first-order valence-corrected chi connectivity index (χ1v) is 5.78. The number of amides is 1. The van der Waals surface area contributed by atoms with Crippen LogP contribution in [-0.4, -0.2) is 31.3 Å². The molecule has 0 aliphatic carbocycles. The van der Waals surface area contributed by atoms with Crippen LogP contribution in [0.4, 0.5) is 0 Å². The van der Waals surface area contributed by atoms with Gasteiger partial charge >= 0.3 is 0 Å². The van der Waals surface area contributed by atoms with Crippen molar-refractivity contribution in [2.75, 3.05) is 13.2 Å². The average Bonchev–Trinajstić information content (AvgIpc) is 2.33. The first kappa shape index (κ1) is 12.1. The predicted molar refractivity (Wildman–Crippen MR) is 63.4 cm³/mol. The summed E-state index contributed by atoms with van der Waals surface area (Å²) in [7, 11) is 0. The van der Waals surface area contributed by atoms with E-state index in [1.807, 2.05) is 37.3 Å². The van der Waals surface area contributed by atoms with Crippen LogP contribution < -0.4 is 5.32 Å². The maximum atomic E-state index is 11.0. The monoisotopic (exact) mass is 235 g/mol. The van der Waals surface area contributed by atoms with Crippen molar-refractivity contribution in [1.29, 1.82) is 0 Å². The Morgan fingerprint density at radius 2 is 2.18 bits per heavy atom. The van der Waals surface area contributed by atoms with E-state index in [2.05, 4.69) is 5.32 Å². The van der Waals surface area contributed by atoms with Crippen LogP contribution in [0.15, 0.2) is 30.3 Å². The Hall–Kier alpha value is -1.39. The Kier molecular flexibility index (Phi) is 4.12. The molecule has 4 heteroatoms. The third-order valence-electron chi connectivity index (χ3n) is 2.77. The molecule has 1 aromatic rings. The average molecular weight is 235 g/mol. The highest BCUT2D eigenvalue weighted by Gasteiger charge is 2.25. The number of nitrogens with one attached hydrogen (secondary N) is 1. The summed E-state index contributed by atoms with van der Waals surface area (Å²) in [5.41, 5.74) is 1.14. The van der Waals surface area contributed by atoms with Crippen LogP contribution in [0.1, 0.15) is 12.5 Å². The van der Waals surface area contributed by atoms with Gasteiger partial charge in [0.1, 0.15) is 12.7 Å². The van der Waals surface area contributed by atoms with Crippen molar-refractivity contribution < 1.29 is 14.3 Å². The molecule has 1 fully saturated rings. The van der Waals surface area contributed by atoms with Crippen LogP contribution in [0, 0.1) is 0 Å². The predicted octanol–water partition coefficient (Wildman–Crippen LogP) is 1.11. The highest BCUT2D eigenvalue weighted by atomic mass is 16.5. The lowest BCUT2D eigenvalue weighted by atomic mass is 10.1. The second-order valence-corrected chi connectivity index (χ2v) is 4.21. The summed E-state index contributed by atoms with van der Waals surface area (Å²) in [6.07, 6.45) is -0.0589. The number of ether oxygens (including phenoxy) is 2. The summed E-state index contributed by atoms with van der Waals surface area (Å²) in [5, 5.41) is 2.83. The highest BCUT2D eigenvalue weighted by Crippen LogP contribution is 2.07. The van der Waals surface area contributed by atoms with Gasteiger partial charge in [0.15, 0.2) is 0 Å². The molecule has 1 aliphatic rings. The van der Waals surface area contributed by atoms with E-state index in [1.165, 1.54) is 0 Å². The van der Waals surface area contributed by atoms with Crippen molar-refractivity contribution in [3.05, 3.63) is 35.9 Å². The van der Waals surface area contributed by atoms with Gasteiger partial charge in [-0.2, -0.15) is 0 Å². The van der Waals surface area contributed by atoms with E-state index in [0.717, 1.165) is 5.56 Å². The summed E-state index contributed by atoms with van der Waals surface area (Å²) in [6.45, 7) is 3.12. The molecule has 1 amide bonds. The summed E-state index contributed by atoms with van der Waals surface area (Å²) in [6, 6.07) is 10.00. The molecule has 1 heterocycles. The van der Waals surface area contributed by atoms with Gasteiger partial charge in [-0.3, -0.25) is 4.79 Å². The fourth-order valence-electron chi connectivity index (χ4n) is 1.78. The van der Waals surface area contributed by atoms with E-state index in [9.17, 15) is 4.79 Å². The SMILES string of the molecule is CC1NC(=O)COC1COCc1ccccc1. The molecule has 1 aromatic carbocycles. The molecule has 2 rings (SSSR count). The molecule has 17 heavy (non-hydrogen) atoms. The topological polar surface area (TPSA) is 47.6 Å². The molecule has 0 spiro atoms. The summed E-state index contributed by atoms with van der Waals surface area (Å²) < 4.78 is 11.0. The summed E-state index contributed by atoms with van der Waals surface area (Å²) in [5.74, 6) is -0.0585. The van der Waals surface area contributed by atoms with Crippen molar-refractivity contribution in [3.63, 3.8) is 0 Å². The van der Waals surface area contributed by atoms with Crippen LogP contribution in [-0.2, 0) is 20.9 Å². The largest absolute Gasteiger partial charge is 0.374 e. The van der Waals surface area contributed by atoms with Gasteiger partial charge in [0, 0.05) is 0 Å². The van der Waals surface area contributed by atoms with Gasteiger partial charge < -0.3 is 14.8 Å². The van der Waals surface area contributed by atoms with E-state index in [1.54, 1.807) is 0 Å². The molecule has 2 unspecified atom stereocenters. The van der Waals surface area contributed by atoms with Crippen LogP contribution in [0.5, 0.6) is 0 Å². The molecule has 4 nitrogen and oxygen atoms in total. The molecule has 0 saturated carbocycles. The third-order valence-corrected chi connectivity index (χ3v) is 2.77. The van der Waals surface area contributed by atoms with Crippen molar-refractivity contribution in [1.82, 2.24) is 5.32 Å². The number of hydrogen-bond donors (Lipinski definition) is 1. The van der Waals surface area contributed by atoms with E-state index in [4.69, 9.17) is 9.47 Å². The van der Waals surface area contributed by atoms with Crippen LogP contribution in [0.3, 0.4) is 0 Å². The van der Waals surface area contributed by atoms with Crippen LogP contribution in [0.25, 0.3) is 0 Å². The zero-order valence-electron chi connectivity index (χ0n) is 9.89. The molecular weight excluding hydrogens is 218 g/mol. The maximum Gasteiger partial charge on any atom is 0.246 e. The molecule has 1 saturated heterocycles. The number of hydrogen-bond acceptors (Lipinski definition) is 3. The maximum absolute atomic E-state index is 11.0. The van der Waals surface area contributed by atoms with E-state index < -0.39 is 0 Å². The number of carbonyl (C=O) groups is 1. The van der Waals surface area contributed by atoms with E-state index in [-0.39, 0.29) is 24.7 Å². The fraction of sp³-hybridized carbons (Fsp3) is 0.462. The fourth-order valence-corrected chi connectivity index (χ4v) is 1.78. The summed E-state index contributed by atoms with van der Waals surface area (Å²) >= 11 is 0. The summed E-state index contributed by atoms with van der Waals surface area (Å²) in [4.78, 5) is 11.0. The highest BCUT2D eigenvalue weighted by molar-refractivity contribution is 5.78. The smallest absolute Gasteiger partial charge is 0.246 e. The van der Waals surface area contributed by atoms with Gasteiger partial charge in [0.05, 0.1) is 19.3 Å². The molecule has 1 N–H and O–H groups in total. The quantitative estimate of drug-likeness (QED) is 0.850. The molecule has 2 atom stereocenters. The van der Waals surface area contributed by atoms with Gasteiger partial charge in [-0.1, -0.05) is 30.3 Å². The minimum Gasteiger partial charge on any atom is -0.374 e. The Morgan fingerprint density at radius 3 is 2.88 bits per heavy atom. The first-order valence-electron chi connectivity index (χ1n) is 5.78. The van der Waals surface area contributed by atoms with Gasteiger partial charge in [-0.05, 0) is 12.5 Å². The molecule has 0 aromatic heterocycles. The number of morpholine rings is 1. The minimum atomic E-state index is -0.0589. The lowest BCUT2D eigenvalue weighted by Crippen LogP contribution is -2.51. The van der Waals surface area contributed by atoms with Crippen molar-refractivity contribution >= 4 is 5.91 Å². The van der Waals surface area contributed by atoms with Crippen molar-refractivity contribution in [3.8, 4) is 0 Å². The third kappa shape index (κ3) is 3.54. The minimum absolute atomic E-state index is 0.00650. The molecule has 92 valence electrons. The van der Waals surface area contributed by atoms with Gasteiger partial charge in [-0.25, -0.2) is 0 Å². The Labute approximate surface area is 101 Å². The van der Waals surface area contributed by atoms with E-state index >= 15 is 0 Å². The second-order valence-electron chi connectivity index (χ2n) is 4.21. The van der Waals surface area contributed by atoms with Crippen LogP contribution >= 0.6 is 0 Å². The number of carbonyl (C=O) groups excluding carboxylic acids is 1. The Bertz CT molecular complexity index is 366. The lowest BCUT2D eigenvalue weighted by Gasteiger charge is -2.29. The lowest BCUT2D eigenvalue weighted by molar-refractivity contribution is -0.140. The molecule has 0 bridgehead atoms. The van der Waals surface area contributed by atoms with Gasteiger partial charge in [0.25, 0.3) is 0 Å². The zero-order chi connectivity index (χ0) is 12.1. The van der Waals surface area contributed by atoms with Crippen LogP contribution in [0.2, 0.25) is 0 Å². The van der Waals surface area contributed by atoms with Gasteiger partial charge in [0.2, 0.25) is 5.91 Å². The zero-order valence-corrected chi connectivity index (χ0v) is 9.89. The van der Waals surface area contributed by atoms with Gasteiger partial charge in [-0.15, -0.1) is 0 Å². The number of benzene rings is 1. The standard InChI is InChI=1S/C13H17NO3/c1-10-12(17-9-13(15)14-10)8-16-7-11-5-3-2-4-6-11/h2-6,10,12H,7-9H2,1H3,(H,14,15). The molecule has 1 aliphatic heterocycles. The Balaban J connectivity index is 1.73. The van der Waals surface area contributed by atoms with Crippen molar-refractivity contribution in [2.24, 2.45) is 0 Å². The molecular formula is C13H17NO3.